The molecule has 3 aliphatic rings. The molecule has 372 valence electrons. The zero-order chi connectivity index (χ0) is 48.3. The van der Waals surface area contributed by atoms with E-state index >= 15 is 0 Å². The molecule has 0 bridgehead atoms. The molecule has 0 radical (unpaired) electrons. The highest BCUT2D eigenvalue weighted by Crippen LogP contribution is 2.40. The molecule has 2 N–H and O–H groups in total. The average molecular weight is 957 g/mol. The first-order valence-corrected chi connectivity index (χ1v) is 24.8. The van der Waals surface area contributed by atoms with E-state index in [0.717, 1.165) is 53.5 Å². The molecule has 1 saturated carbocycles. The summed E-state index contributed by atoms with van der Waals surface area (Å²) in [4.78, 5) is 25.5. The molecular weight excluding hydrogens is 889 g/mol. The van der Waals surface area contributed by atoms with Crippen molar-refractivity contribution in [1.82, 2.24) is 10.6 Å². The van der Waals surface area contributed by atoms with Crippen molar-refractivity contribution in [1.29, 1.82) is 0 Å². The Morgan fingerprint density at radius 3 is 1.70 bits per heavy atom. The maximum atomic E-state index is 13.2. The van der Waals surface area contributed by atoms with Crippen LogP contribution in [-0.2, 0) is 73.9 Å². The quantitative estimate of drug-likeness (QED) is 0.0606. The maximum Gasteiger partial charge on any atom is 0.407 e. The van der Waals surface area contributed by atoms with E-state index in [9.17, 15) is 9.59 Å². The number of rotatable bonds is 23. The van der Waals surface area contributed by atoms with Gasteiger partial charge in [0, 0.05) is 25.6 Å². The van der Waals surface area contributed by atoms with Gasteiger partial charge in [0.2, 0.25) is 5.91 Å². The van der Waals surface area contributed by atoms with E-state index < -0.39 is 61.3 Å². The monoisotopic (exact) mass is 956 g/mol. The summed E-state index contributed by atoms with van der Waals surface area (Å²) in [6, 6.07) is 49.0. The molecule has 0 aromatic heterocycles. The second kappa shape index (κ2) is 26.7. The van der Waals surface area contributed by atoms with Gasteiger partial charge in [0.1, 0.15) is 43.2 Å². The normalized spacial score (nSPS) is 26.4. The second-order valence-corrected chi connectivity index (χ2v) is 18.4. The van der Waals surface area contributed by atoms with E-state index in [1.807, 2.05) is 127 Å². The summed E-state index contributed by atoms with van der Waals surface area (Å²) < 4.78 is 60.0. The molecular formula is C57H68N2O11. The van der Waals surface area contributed by atoms with Crippen LogP contribution < -0.4 is 10.6 Å². The number of fused-ring (bicyclic) bond motifs is 1. The van der Waals surface area contributed by atoms with Crippen LogP contribution >= 0.6 is 0 Å². The summed E-state index contributed by atoms with van der Waals surface area (Å²) in [5.74, 6) is -0.293. The van der Waals surface area contributed by atoms with Crippen LogP contribution in [0, 0.1) is 5.92 Å². The van der Waals surface area contributed by atoms with E-state index in [0.29, 0.717) is 39.4 Å². The highest BCUT2D eigenvalue weighted by atomic mass is 16.8. The van der Waals surface area contributed by atoms with Crippen molar-refractivity contribution in [2.75, 3.05) is 19.8 Å². The lowest BCUT2D eigenvalue weighted by Crippen LogP contribution is -2.69. The Labute approximate surface area is 412 Å². The number of carbonyl (C=O) groups is 2. The molecule has 1 unspecified atom stereocenters. The molecule has 1 aliphatic carbocycles. The standard InChI is InChI=1S/C57H68N2O11/c1-40-34-47(51(64-36-43-24-12-6-13-25-43)54(65-37-44-26-14-7-15-27-44)50(40)63-35-42-22-10-5-11-23-42)68-53-49(59-41(2)60)56(69-48-39-66-55(70-52(48)53)46-30-18-9-19-31-46)62-33-21-4-3-20-32-58-57(61)67-38-45-28-16-8-17-29-45/h5-19,22-31,40,47-56H,3-4,20-21,32-39H2,1-2H3,(H,58,61)(H,59,60)/t40-,47-,48-,49-,50+,51-,52-,53-,54-,55?,56-/m1/s1. The van der Waals surface area contributed by atoms with E-state index in [4.69, 9.17) is 42.6 Å². The molecule has 2 heterocycles. The van der Waals surface area contributed by atoms with Crippen molar-refractivity contribution in [3.05, 3.63) is 179 Å². The molecule has 5 aromatic rings. The molecule has 13 heteroatoms. The van der Waals surface area contributed by atoms with Crippen LogP contribution in [0.5, 0.6) is 0 Å². The van der Waals surface area contributed by atoms with Crippen LogP contribution in [0.4, 0.5) is 4.79 Å². The van der Waals surface area contributed by atoms with Crippen LogP contribution in [0.25, 0.3) is 0 Å². The number of benzene rings is 5. The topological polar surface area (TPSA) is 141 Å². The third kappa shape index (κ3) is 14.8. The Morgan fingerprint density at radius 1 is 0.586 bits per heavy atom. The van der Waals surface area contributed by atoms with Gasteiger partial charge in [0.25, 0.3) is 0 Å². The highest BCUT2D eigenvalue weighted by Gasteiger charge is 2.55. The fourth-order valence-electron chi connectivity index (χ4n) is 9.43. The number of hydrogen-bond acceptors (Lipinski definition) is 11. The fourth-order valence-corrected chi connectivity index (χ4v) is 9.43. The number of ether oxygens (including phenoxy) is 9. The van der Waals surface area contributed by atoms with Crippen LogP contribution in [0.1, 0.15) is 80.1 Å². The zero-order valence-electron chi connectivity index (χ0n) is 40.3. The van der Waals surface area contributed by atoms with Gasteiger partial charge in [-0.1, -0.05) is 171 Å². The van der Waals surface area contributed by atoms with Crippen LogP contribution in [0.15, 0.2) is 152 Å². The Balaban J connectivity index is 1.01. The molecule has 70 heavy (non-hydrogen) atoms. The lowest BCUT2D eigenvalue weighted by atomic mass is 9.80. The van der Waals surface area contributed by atoms with Crippen LogP contribution in [-0.4, -0.2) is 86.8 Å². The Kier molecular flexibility index (Phi) is 19.4. The first kappa shape index (κ1) is 50.9. The Morgan fingerprint density at radius 2 is 1.11 bits per heavy atom. The van der Waals surface area contributed by atoms with Crippen molar-refractivity contribution in [3.63, 3.8) is 0 Å². The fraction of sp³-hybridized carbons (Fsp3) is 0.439. The molecule has 8 rings (SSSR count). The number of nitrogens with one attached hydrogen (secondary N) is 2. The van der Waals surface area contributed by atoms with Crippen molar-refractivity contribution < 1.29 is 52.2 Å². The average Bonchev–Trinajstić information content (AvgIpc) is 3.39. The second-order valence-electron chi connectivity index (χ2n) is 18.4. The summed E-state index contributed by atoms with van der Waals surface area (Å²) in [6.45, 7) is 6.02. The summed E-state index contributed by atoms with van der Waals surface area (Å²) in [7, 11) is 0. The lowest BCUT2D eigenvalue weighted by molar-refractivity contribution is -0.357. The Hall–Kier alpha value is -5.48. The SMILES string of the molecule is CC(=O)N[C@H]1[C@H](OCCCCCCNC(=O)OCc2ccccc2)O[C@@H]2COC(c3ccccc3)O[C@H]2[C@@H]1O[C@@H]1C[C@@H](C)[C@H](OCc2ccccc2)[C@@H](OCc2ccccc2)[C@@H]1OCc1ccccc1. The summed E-state index contributed by atoms with van der Waals surface area (Å²) in [6.07, 6.45) is -2.25. The molecule has 2 saturated heterocycles. The Bertz CT molecular complexity index is 2280. The third-order valence-electron chi connectivity index (χ3n) is 13.0. The van der Waals surface area contributed by atoms with E-state index in [2.05, 4.69) is 41.8 Å². The van der Waals surface area contributed by atoms with Gasteiger partial charge in [-0.25, -0.2) is 4.79 Å². The molecule has 5 aromatic carbocycles. The van der Waals surface area contributed by atoms with Crippen molar-refractivity contribution in [2.24, 2.45) is 5.92 Å². The van der Waals surface area contributed by atoms with Gasteiger partial charge in [-0.2, -0.15) is 0 Å². The number of hydrogen-bond donors (Lipinski definition) is 2. The van der Waals surface area contributed by atoms with Gasteiger partial charge in [0.15, 0.2) is 12.6 Å². The van der Waals surface area contributed by atoms with Crippen LogP contribution in [0.2, 0.25) is 0 Å². The summed E-state index contributed by atoms with van der Waals surface area (Å²) >= 11 is 0. The molecule has 2 aliphatic heterocycles. The largest absolute Gasteiger partial charge is 0.445 e. The lowest BCUT2D eigenvalue weighted by Gasteiger charge is -2.52. The van der Waals surface area contributed by atoms with Gasteiger partial charge in [-0.05, 0) is 47.4 Å². The van der Waals surface area contributed by atoms with E-state index in [1.165, 1.54) is 6.92 Å². The first-order valence-electron chi connectivity index (χ1n) is 24.8. The first-order chi connectivity index (χ1) is 34.4. The van der Waals surface area contributed by atoms with Gasteiger partial charge < -0.3 is 53.3 Å². The molecule has 2 amide bonds. The molecule has 13 nitrogen and oxygen atoms in total. The van der Waals surface area contributed by atoms with Gasteiger partial charge in [-0.15, -0.1) is 0 Å². The molecule has 3 fully saturated rings. The van der Waals surface area contributed by atoms with E-state index in [-0.39, 0.29) is 31.1 Å². The predicted molar refractivity (Wildman–Crippen MR) is 263 cm³/mol. The number of carbonyl (C=O) groups excluding carboxylic acids is 2. The molecule has 11 atom stereocenters. The highest BCUT2D eigenvalue weighted by molar-refractivity contribution is 5.73. The smallest absolute Gasteiger partial charge is 0.407 e. The minimum Gasteiger partial charge on any atom is -0.445 e. The van der Waals surface area contributed by atoms with Crippen molar-refractivity contribution in [3.8, 4) is 0 Å². The van der Waals surface area contributed by atoms with Gasteiger partial charge in [0.05, 0.1) is 38.6 Å². The third-order valence-corrected chi connectivity index (χ3v) is 13.0. The number of alkyl carbamates (subject to hydrolysis) is 1. The summed E-state index contributed by atoms with van der Waals surface area (Å²) in [5, 5.41) is 6.00. The van der Waals surface area contributed by atoms with Gasteiger partial charge in [-0.3, -0.25) is 4.79 Å². The zero-order valence-corrected chi connectivity index (χ0v) is 40.3. The minimum atomic E-state index is -0.881. The van der Waals surface area contributed by atoms with Crippen molar-refractivity contribution in [2.45, 2.75) is 134 Å². The van der Waals surface area contributed by atoms with Crippen molar-refractivity contribution >= 4 is 12.0 Å². The predicted octanol–water partition coefficient (Wildman–Crippen LogP) is 9.38. The van der Waals surface area contributed by atoms with Gasteiger partial charge >= 0.3 is 6.09 Å². The number of unbranched alkanes of at least 4 members (excludes halogenated alkanes) is 3. The maximum absolute atomic E-state index is 13.2. The van der Waals surface area contributed by atoms with E-state index in [1.54, 1.807) is 0 Å². The minimum absolute atomic E-state index is 0.0317. The summed E-state index contributed by atoms with van der Waals surface area (Å²) in [5.41, 5.74) is 4.89. The van der Waals surface area contributed by atoms with Crippen LogP contribution in [0.3, 0.4) is 0 Å². The molecule has 0 spiro atoms. The number of amides is 2.